The largest absolute Gasteiger partial charge is 0.493 e. The zero-order valence-electron chi connectivity index (χ0n) is 10.4. The molecule has 1 aliphatic rings. The van der Waals surface area contributed by atoms with E-state index < -0.39 is 11.9 Å². The van der Waals surface area contributed by atoms with Crippen molar-refractivity contribution >= 4 is 23.2 Å². The van der Waals surface area contributed by atoms with Crippen molar-refractivity contribution in [3.8, 4) is 5.75 Å². The van der Waals surface area contributed by atoms with Gasteiger partial charge in [-0.2, -0.15) is 0 Å². The molecule has 0 fully saturated rings. The molecule has 0 aliphatic carbocycles. The smallest absolute Gasteiger partial charge is 0.128 e. The Bertz CT molecular complexity index is 673. The van der Waals surface area contributed by atoms with Crippen LogP contribution >= 0.6 is 23.2 Å². The molecule has 0 amide bonds. The highest BCUT2D eigenvalue weighted by Gasteiger charge is 2.24. The lowest BCUT2D eigenvalue weighted by atomic mass is 9.98. The number of hydrogen-bond donors (Lipinski definition) is 1. The predicted octanol–water partition coefficient (Wildman–Crippen LogP) is 4.15. The molecule has 1 heterocycles. The van der Waals surface area contributed by atoms with Crippen LogP contribution in [0.3, 0.4) is 0 Å². The van der Waals surface area contributed by atoms with Crippen molar-refractivity contribution in [3.63, 3.8) is 0 Å². The summed E-state index contributed by atoms with van der Waals surface area (Å²) in [5.41, 5.74) is 1.94. The molecule has 2 aromatic carbocycles. The molecule has 1 atom stereocenters. The predicted molar refractivity (Wildman–Crippen MR) is 76.1 cm³/mol. The number of rotatable bonds is 2. The van der Waals surface area contributed by atoms with Gasteiger partial charge in [-0.15, -0.1) is 0 Å². The molecule has 0 aromatic heterocycles. The molecule has 0 spiro atoms. The molecule has 5 heteroatoms. The monoisotopic (exact) mass is 312 g/mol. The summed E-state index contributed by atoms with van der Waals surface area (Å²) in [7, 11) is 0. The van der Waals surface area contributed by atoms with Crippen molar-refractivity contribution in [2.75, 3.05) is 6.61 Å². The van der Waals surface area contributed by atoms with Gasteiger partial charge in [0.25, 0.3) is 0 Å². The first kappa shape index (κ1) is 13.7. The number of ether oxygens (including phenoxy) is 1. The Morgan fingerprint density at radius 3 is 2.70 bits per heavy atom. The van der Waals surface area contributed by atoms with Crippen LogP contribution in [0, 0.1) is 5.82 Å². The summed E-state index contributed by atoms with van der Waals surface area (Å²) in [4.78, 5) is 0. The van der Waals surface area contributed by atoms with Gasteiger partial charge in [0.15, 0.2) is 0 Å². The van der Waals surface area contributed by atoms with Crippen LogP contribution in [0.25, 0.3) is 0 Å². The van der Waals surface area contributed by atoms with Crippen LogP contribution in [-0.4, -0.2) is 11.7 Å². The molecule has 0 saturated heterocycles. The van der Waals surface area contributed by atoms with Gasteiger partial charge in [-0.25, -0.2) is 4.39 Å². The molecule has 0 saturated carbocycles. The zero-order valence-corrected chi connectivity index (χ0v) is 11.9. The summed E-state index contributed by atoms with van der Waals surface area (Å²) in [6.07, 6.45) is -0.249. The molecule has 1 N–H and O–H groups in total. The molecule has 0 bridgehead atoms. The van der Waals surface area contributed by atoms with E-state index in [4.69, 9.17) is 27.9 Å². The molecule has 0 radical (unpaired) electrons. The van der Waals surface area contributed by atoms with E-state index in [1.807, 2.05) is 6.07 Å². The fraction of sp³-hybridized carbons (Fsp3) is 0.200. The molecule has 1 aliphatic heterocycles. The van der Waals surface area contributed by atoms with Crippen LogP contribution in [0.15, 0.2) is 30.3 Å². The normalized spacial score (nSPS) is 14.8. The first-order valence-electron chi connectivity index (χ1n) is 6.14. The Hall–Kier alpha value is -1.29. The summed E-state index contributed by atoms with van der Waals surface area (Å²) < 4.78 is 18.6. The van der Waals surface area contributed by atoms with Crippen molar-refractivity contribution in [2.45, 2.75) is 12.5 Å². The number of fused-ring (bicyclic) bond motifs is 1. The maximum atomic E-state index is 13.1. The van der Waals surface area contributed by atoms with Gasteiger partial charge in [0.05, 0.1) is 6.61 Å². The third-order valence-electron chi connectivity index (χ3n) is 3.33. The fourth-order valence-electron chi connectivity index (χ4n) is 2.39. The summed E-state index contributed by atoms with van der Waals surface area (Å²) >= 11 is 12.1. The van der Waals surface area contributed by atoms with Gasteiger partial charge in [-0.3, -0.25) is 0 Å². The average molecular weight is 313 g/mol. The third kappa shape index (κ3) is 2.37. The fourth-order valence-corrected chi connectivity index (χ4v) is 2.91. The molecule has 3 rings (SSSR count). The summed E-state index contributed by atoms with van der Waals surface area (Å²) in [5.74, 6) is 0.195. The van der Waals surface area contributed by atoms with Gasteiger partial charge in [0.1, 0.15) is 17.7 Å². The Kier molecular flexibility index (Phi) is 3.59. The average Bonchev–Trinajstić information content (AvgIpc) is 2.85. The van der Waals surface area contributed by atoms with Gasteiger partial charge >= 0.3 is 0 Å². The van der Waals surface area contributed by atoms with E-state index in [2.05, 4.69) is 0 Å². The van der Waals surface area contributed by atoms with Gasteiger partial charge < -0.3 is 9.84 Å². The maximum absolute atomic E-state index is 13.1. The van der Waals surface area contributed by atoms with Gasteiger partial charge in [0, 0.05) is 27.6 Å². The number of hydrogen-bond acceptors (Lipinski definition) is 2. The molecule has 2 nitrogen and oxygen atoms in total. The van der Waals surface area contributed by atoms with E-state index in [0.717, 1.165) is 12.0 Å². The topological polar surface area (TPSA) is 29.5 Å². The second-order valence-corrected chi connectivity index (χ2v) is 5.49. The van der Waals surface area contributed by atoms with E-state index in [1.54, 1.807) is 6.07 Å². The SMILES string of the molecule is OC(c1ccc(F)cc1Cl)c1cc(Cl)cc2c1OCC2. The second kappa shape index (κ2) is 5.24. The minimum atomic E-state index is -1.01. The van der Waals surface area contributed by atoms with Crippen molar-refractivity contribution in [1.82, 2.24) is 0 Å². The Balaban J connectivity index is 2.09. The maximum Gasteiger partial charge on any atom is 0.128 e. The van der Waals surface area contributed by atoms with E-state index in [9.17, 15) is 9.50 Å². The highest BCUT2D eigenvalue weighted by atomic mass is 35.5. The molecular formula is C15H11Cl2FO2. The minimum Gasteiger partial charge on any atom is -0.493 e. The lowest BCUT2D eigenvalue weighted by Crippen LogP contribution is -2.03. The number of benzene rings is 2. The second-order valence-electron chi connectivity index (χ2n) is 4.65. The summed E-state index contributed by atoms with van der Waals surface area (Å²) in [5, 5.41) is 11.2. The van der Waals surface area contributed by atoms with Crippen LogP contribution in [0.1, 0.15) is 22.8 Å². The van der Waals surface area contributed by atoms with E-state index in [1.165, 1.54) is 18.2 Å². The minimum absolute atomic E-state index is 0.171. The standard InChI is InChI=1S/C15H11Cl2FO2/c16-9-5-8-3-4-20-15(8)12(6-9)14(19)11-2-1-10(18)7-13(11)17/h1-2,5-7,14,19H,3-4H2. The van der Waals surface area contributed by atoms with Crippen molar-refractivity contribution < 1.29 is 14.2 Å². The highest BCUT2D eigenvalue weighted by Crippen LogP contribution is 2.40. The van der Waals surface area contributed by atoms with Gasteiger partial charge in [-0.1, -0.05) is 29.3 Å². The summed E-state index contributed by atoms with van der Waals surface area (Å²) in [6.45, 7) is 0.562. The third-order valence-corrected chi connectivity index (χ3v) is 3.87. The zero-order chi connectivity index (χ0) is 14.3. The van der Waals surface area contributed by atoms with Gasteiger partial charge in [0.2, 0.25) is 0 Å². The Labute approximate surface area is 125 Å². The number of halogens is 3. The lowest BCUT2D eigenvalue weighted by Gasteiger charge is -2.16. The van der Waals surface area contributed by atoms with Crippen molar-refractivity contribution in [1.29, 1.82) is 0 Å². The van der Waals surface area contributed by atoms with E-state index >= 15 is 0 Å². The van der Waals surface area contributed by atoms with E-state index in [0.29, 0.717) is 28.5 Å². The number of aliphatic hydroxyl groups excluding tert-OH is 1. The first-order chi connectivity index (χ1) is 9.56. The highest BCUT2D eigenvalue weighted by molar-refractivity contribution is 6.31. The van der Waals surface area contributed by atoms with Crippen molar-refractivity contribution in [2.24, 2.45) is 0 Å². The quantitative estimate of drug-likeness (QED) is 0.902. The van der Waals surface area contributed by atoms with Crippen LogP contribution in [-0.2, 0) is 6.42 Å². The van der Waals surface area contributed by atoms with E-state index in [-0.39, 0.29) is 5.02 Å². The van der Waals surface area contributed by atoms with Gasteiger partial charge in [-0.05, 0) is 29.8 Å². The summed E-state index contributed by atoms with van der Waals surface area (Å²) in [6, 6.07) is 7.37. The van der Waals surface area contributed by atoms with Crippen molar-refractivity contribution in [3.05, 3.63) is 62.9 Å². The van der Waals surface area contributed by atoms with Crippen LogP contribution < -0.4 is 4.74 Å². The molecule has 104 valence electrons. The molecule has 2 aromatic rings. The first-order valence-corrected chi connectivity index (χ1v) is 6.90. The van der Waals surface area contributed by atoms with Crippen LogP contribution in [0.5, 0.6) is 5.75 Å². The molecule has 1 unspecified atom stereocenters. The molecule has 20 heavy (non-hydrogen) atoms. The number of aliphatic hydroxyl groups is 1. The van der Waals surface area contributed by atoms with Crippen LogP contribution in [0.2, 0.25) is 10.0 Å². The Morgan fingerprint density at radius 1 is 1.15 bits per heavy atom. The van der Waals surface area contributed by atoms with Crippen LogP contribution in [0.4, 0.5) is 4.39 Å². The Morgan fingerprint density at radius 2 is 1.95 bits per heavy atom. The lowest BCUT2D eigenvalue weighted by molar-refractivity contribution is 0.213. The molecular weight excluding hydrogens is 302 g/mol.